The highest BCUT2D eigenvalue weighted by atomic mass is 16.5. The molecule has 1 aromatic heterocycles. The zero-order chi connectivity index (χ0) is 14.7. The van der Waals surface area contributed by atoms with Gasteiger partial charge >= 0.3 is 5.97 Å². The molecule has 2 rings (SSSR count). The fourth-order valence-electron chi connectivity index (χ4n) is 2.01. The van der Waals surface area contributed by atoms with Crippen LogP contribution in [0.5, 0.6) is 0 Å². The Balaban J connectivity index is 2.46. The fourth-order valence-corrected chi connectivity index (χ4v) is 2.01. The highest BCUT2D eigenvalue weighted by molar-refractivity contribution is 5.85. The first kappa shape index (κ1) is 14.3. The molecule has 5 heteroatoms. The summed E-state index contributed by atoms with van der Waals surface area (Å²) in [5.41, 5.74) is 1.30. The maximum absolute atomic E-state index is 11.2. The van der Waals surface area contributed by atoms with Gasteiger partial charge in [0.05, 0.1) is 5.69 Å². The molecule has 0 saturated heterocycles. The van der Waals surface area contributed by atoms with E-state index in [1.165, 1.54) is 7.11 Å². The van der Waals surface area contributed by atoms with Crippen LogP contribution in [-0.4, -0.2) is 23.2 Å². The molecule has 1 atom stereocenters. The predicted molar refractivity (Wildman–Crippen MR) is 72.8 cm³/mol. The standard InChI is InChI=1S/C15H17NO4/c1-9(2)11-13(15(17)18)20-14(16-11)12(19-3)10-7-5-4-6-8-10/h4-9,12H,1-3H3,(H,17,18). The van der Waals surface area contributed by atoms with Crippen LogP contribution in [0.2, 0.25) is 0 Å². The van der Waals surface area contributed by atoms with Gasteiger partial charge in [0.1, 0.15) is 0 Å². The van der Waals surface area contributed by atoms with Crippen LogP contribution in [0.25, 0.3) is 0 Å². The summed E-state index contributed by atoms with van der Waals surface area (Å²) in [6.45, 7) is 3.75. The summed E-state index contributed by atoms with van der Waals surface area (Å²) in [5.74, 6) is -1.00. The minimum Gasteiger partial charge on any atom is -0.475 e. The van der Waals surface area contributed by atoms with Gasteiger partial charge in [0.2, 0.25) is 11.7 Å². The summed E-state index contributed by atoms with van der Waals surface area (Å²) in [6.07, 6.45) is -0.512. The van der Waals surface area contributed by atoms with Crippen LogP contribution < -0.4 is 0 Å². The Kier molecular flexibility index (Phi) is 4.20. The number of nitrogens with zero attached hydrogens (tertiary/aromatic N) is 1. The molecule has 0 amide bonds. The van der Waals surface area contributed by atoms with Crippen LogP contribution in [0.4, 0.5) is 0 Å². The quantitative estimate of drug-likeness (QED) is 0.906. The maximum atomic E-state index is 11.2. The Morgan fingerprint density at radius 2 is 1.95 bits per heavy atom. The van der Waals surface area contributed by atoms with Crippen molar-refractivity contribution in [1.29, 1.82) is 0 Å². The molecule has 106 valence electrons. The van der Waals surface area contributed by atoms with Gasteiger partial charge in [-0.3, -0.25) is 0 Å². The van der Waals surface area contributed by atoms with Gasteiger partial charge in [-0.2, -0.15) is 0 Å². The van der Waals surface area contributed by atoms with Crippen molar-refractivity contribution in [3.63, 3.8) is 0 Å². The molecule has 0 fully saturated rings. The summed E-state index contributed by atoms with van der Waals surface area (Å²) in [7, 11) is 1.54. The van der Waals surface area contributed by atoms with E-state index in [1.807, 2.05) is 44.2 Å². The van der Waals surface area contributed by atoms with Crippen LogP contribution in [0.15, 0.2) is 34.7 Å². The van der Waals surface area contributed by atoms with Gasteiger partial charge in [-0.15, -0.1) is 0 Å². The molecule has 0 aliphatic rings. The molecule has 5 nitrogen and oxygen atoms in total. The Morgan fingerprint density at radius 1 is 1.30 bits per heavy atom. The van der Waals surface area contributed by atoms with Crippen molar-refractivity contribution >= 4 is 5.97 Å². The van der Waals surface area contributed by atoms with Gasteiger partial charge in [-0.05, 0) is 11.5 Å². The Bertz CT molecular complexity index is 589. The Hall–Kier alpha value is -2.14. The van der Waals surface area contributed by atoms with Crippen molar-refractivity contribution < 1.29 is 19.1 Å². The number of carboxylic acid groups (broad SMARTS) is 1. The van der Waals surface area contributed by atoms with Crippen molar-refractivity contribution in [3.8, 4) is 0 Å². The smallest absolute Gasteiger partial charge is 0.373 e. The first-order valence-electron chi connectivity index (χ1n) is 6.36. The SMILES string of the molecule is COC(c1ccccc1)c1nc(C(C)C)c(C(=O)O)o1. The van der Waals surface area contributed by atoms with Crippen molar-refractivity contribution in [2.24, 2.45) is 0 Å². The lowest BCUT2D eigenvalue weighted by molar-refractivity contribution is 0.0643. The number of rotatable bonds is 5. The summed E-state index contributed by atoms with van der Waals surface area (Å²) >= 11 is 0. The third-order valence-corrected chi connectivity index (χ3v) is 2.97. The molecule has 1 heterocycles. The molecule has 1 unspecified atom stereocenters. The van der Waals surface area contributed by atoms with Gasteiger partial charge < -0.3 is 14.3 Å². The second kappa shape index (κ2) is 5.88. The maximum Gasteiger partial charge on any atom is 0.373 e. The monoisotopic (exact) mass is 275 g/mol. The van der Waals surface area contributed by atoms with Gasteiger partial charge in [0.15, 0.2) is 6.10 Å². The van der Waals surface area contributed by atoms with E-state index >= 15 is 0 Å². The highest BCUT2D eigenvalue weighted by Crippen LogP contribution is 2.29. The van der Waals surface area contributed by atoms with E-state index in [9.17, 15) is 9.90 Å². The lowest BCUT2D eigenvalue weighted by atomic mass is 10.1. The number of carbonyl (C=O) groups is 1. The summed E-state index contributed by atoms with van der Waals surface area (Å²) in [4.78, 5) is 15.5. The van der Waals surface area contributed by atoms with E-state index < -0.39 is 12.1 Å². The highest BCUT2D eigenvalue weighted by Gasteiger charge is 2.26. The minimum atomic E-state index is -1.12. The molecule has 0 aliphatic heterocycles. The molecule has 0 saturated carbocycles. The molecule has 1 aromatic carbocycles. The molecule has 2 aromatic rings. The van der Waals surface area contributed by atoms with Crippen molar-refractivity contribution in [3.05, 3.63) is 53.2 Å². The Morgan fingerprint density at radius 3 is 2.40 bits per heavy atom. The largest absolute Gasteiger partial charge is 0.475 e. The number of aromatic nitrogens is 1. The van der Waals surface area contributed by atoms with Gasteiger partial charge in [-0.1, -0.05) is 44.2 Å². The second-order valence-electron chi connectivity index (χ2n) is 4.75. The van der Waals surface area contributed by atoms with Gasteiger partial charge in [-0.25, -0.2) is 9.78 Å². The number of hydrogen-bond acceptors (Lipinski definition) is 4. The normalized spacial score (nSPS) is 12.6. The number of hydrogen-bond donors (Lipinski definition) is 1. The van der Waals surface area contributed by atoms with E-state index in [-0.39, 0.29) is 17.6 Å². The van der Waals surface area contributed by atoms with E-state index in [0.717, 1.165) is 5.56 Å². The first-order chi connectivity index (χ1) is 9.54. The minimum absolute atomic E-state index is 0.0353. The number of carboxylic acids is 1. The molecular formula is C15H17NO4. The van der Waals surface area contributed by atoms with Crippen LogP contribution in [0.1, 0.15) is 53.6 Å². The average molecular weight is 275 g/mol. The third-order valence-electron chi connectivity index (χ3n) is 2.97. The molecule has 0 radical (unpaired) electrons. The zero-order valence-corrected chi connectivity index (χ0v) is 11.7. The summed E-state index contributed by atoms with van der Waals surface area (Å²) in [6, 6.07) is 9.42. The van der Waals surface area contributed by atoms with Gasteiger partial charge in [0.25, 0.3) is 0 Å². The number of ether oxygens (including phenoxy) is 1. The first-order valence-corrected chi connectivity index (χ1v) is 6.36. The number of oxazole rings is 1. The van der Waals surface area contributed by atoms with E-state index in [2.05, 4.69) is 4.98 Å². The summed E-state index contributed by atoms with van der Waals surface area (Å²) in [5, 5.41) is 9.18. The molecule has 1 N–H and O–H groups in total. The fraction of sp³-hybridized carbons (Fsp3) is 0.333. The van der Waals surface area contributed by atoms with Crippen molar-refractivity contribution in [1.82, 2.24) is 4.98 Å². The molecule has 0 bridgehead atoms. The third kappa shape index (κ3) is 2.72. The van der Waals surface area contributed by atoms with Gasteiger partial charge in [0, 0.05) is 7.11 Å². The number of aromatic carboxylic acids is 1. The molecule has 20 heavy (non-hydrogen) atoms. The van der Waals surface area contributed by atoms with E-state index in [4.69, 9.17) is 9.15 Å². The van der Waals surface area contributed by atoms with E-state index in [1.54, 1.807) is 0 Å². The number of benzene rings is 1. The average Bonchev–Trinajstić information content (AvgIpc) is 2.86. The van der Waals surface area contributed by atoms with Crippen molar-refractivity contribution in [2.45, 2.75) is 25.9 Å². The van der Waals surface area contributed by atoms with Crippen LogP contribution in [-0.2, 0) is 4.74 Å². The van der Waals surface area contributed by atoms with E-state index in [0.29, 0.717) is 5.69 Å². The van der Waals surface area contributed by atoms with Crippen LogP contribution >= 0.6 is 0 Å². The molecule has 0 aliphatic carbocycles. The molecular weight excluding hydrogens is 258 g/mol. The lowest BCUT2D eigenvalue weighted by Gasteiger charge is -2.11. The molecule has 0 spiro atoms. The lowest BCUT2D eigenvalue weighted by Crippen LogP contribution is -2.04. The zero-order valence-electron chi connectivity index (χ0n) is 11.7. The topological polar surface area (TPSA) is 72.6 Å². The second-order valence-corrected chi connectivity index (χ2v) is 4.75. The summed E-state index contributed by atoms with van der Waals surface area (Å²) < 4.78 is 10.8. The Labute approximate surface area is 117 Å². The number of methoxy groups -OCH3 is 1. The van der Waals surface area contributed by atoms with Crippen molar-refractivity contribution in [2.75, 3.05) is 7.11 Å². The van der Waals surface area contributed by atoms with Crippen LogP contribution in [0.3, 0.4) is 0 Å². The van der Waals surface area contributed by atoms with Crippen LogP contribution in [0, 0.1) is 0 Å². The predicted octanol–water partition coefficient (Wildman–Crippen LogP) is 3.23.